The number of hydrogen-bond donors (Lipinski definition) is 2. The fourth-order valence-electron chi connectivity index (χ4n) is 2.76. The summed E-state index contributed by atoms with van der Waals surface area (Å²) >= 11 is 0. The Morgan fingerprint density at radius 2 is 1.95 bits per heavy atom. The molecule has 1 saturated carbocycles. The van der Waals surface area contributed by atoms with Crippen LogP contribution in [0.25, 0.3) is 0 Å². The number of nitrogens with one attached hydrogen (secondary N) is 1. The normalized spacial score (nSPS) is 18.1. The van der Waals surface area contributed by atoms with Crippen molar-refractivity contribution in [3.8, 4) is 5.88 Å². The summed E-state index contributed by atoms with van der Waals surface area (Å²) in [5.74, 6) is -2.20. The van der Waals surface area contributed by atoms with Crippen molar-refractivity contribution in [2.24, 2.45) is 0 Å². The highest BCUT2D eigenvalue weighted by Gasteiger charge is 2.37. The van der Waals surface area contributed by atoms with Crippen LogP contribution < -0.4 is 11.2 Å². The molecule has 1 aromatic heterocycles. The Hall–Kier alpha value is -1.63. The molecule has 1 aliphatic carbocycles. The maximum atomic E-state index is 13.4. The van der Waals surface area contributed by atoms with Crippen molar-refractivity contribution in [2.45, 2.75) is 37.8 Å². The molecule has 6 nitrogen and oxygen atoms in total. The predicted molar refractivity (Wildman–Crippen MR) is 67.8 cm³/mol. The lowest BCUT2D eigenvalue weighted by atomic mass is 9.96. The van der Waals surface area contributed by atoms with Crippen LogP contribution in [-0.4, -0.2) is 39.2 Å². The zero-order valence-corrected chi connectivity index (χ0v) is 11.1. The number of H-pyrrole nitrogens is 1. The largest absolute Gasteiger partial charge is 0.492 e. The molecule has 19 heavy (non-hydrogen) atoms. The molecule has 0 radical (unpaired) electrons. The molecule has 0 bridgehead atoms. The van der Waals surface area contributed by atoms with Crippen molar-refractivity contribution in [3.63, 3.8) is 0 Å². The highest BCUT2D eigenvalue weighted by atomic mass is 19.1. The molecule has 0 atom stereocenters. The molecule has 2 rings (SSSR count). The van der Waals surface area contributed by atoms with Crippen LogP contribution in [0.4, 0.5) is 4.39 Å². The summed E-state index contributed by atoms with van der Waals surface area (Å²) in [5.41, 5.74) is -2.26. The molecule has 1 fully saturated rings. The number of likely N-dealkylation sites (N-methyl/N-ethyl adjacent to an activating group) is 1. The van der Waals surface area contributed by atoms with Gasteiger partial charge in [0.2, 0.25) is 11.7 Å². The number of hydrogen-bond acceptors (Lipinski definition) is 4. The average Bonchev–Trinajstić information content (AvgIpc) is 2.82. The van der Waals surface area contributed by atoms with Crippen LogP contribution in [0.15, 0.2) is 9.59 Å². The minimum atomic E-state index is -1.31. The third-order valence-corrected chi connectivity index (χ3v) is 4.05. The van der Waals surface area contributed by atoms with E-state index in [9.17, 15) is 19.1 Å². The van der Waals surface area contributed by atoms with Gasteiger partial charge in [0.1, 0.15) is 0 Å². The topological polar surface area (TPSA) is 78.3 Å². The van der Waals surface area contributed by atoms with Gasteiger partial charge in [0.15, 0.2) is 0 Å². The lowest BCUT2D eigenvalue weighted by molar-refractivity contribution is 0.126. The van der Waals surface area contributed by atoms with E-state index in [-0.39, 0.29) is 12.1 Å². The Morgan fingerprint density at radius 3 is 2.47 bits per heavy atom. The Balaban J connectivity index is 2.46. The second-order valence-electron chi connectivity index (χ2n) is 5.31. The van der Waals surface area contributed by atoms with E-state index in [1.54, 1.807) is 0 Å². The van der Waals surface area contributed by atoms with E-state index >= 15 is 0 Å². The van der Waals surface area contributed by atoms with Gasteiger partial charge in [-0.3, -0.25) is 14.3 Å². The Kier molecular flexibility index (Phi) is 3.49. The Morgan fingerprint density at radius 1 is 1.37 bits per heavy atom. The molecular weight excluding hydrogens is 253 g/mol. The number of aromatic nitrogens is 2. The van der Waals surface area contributed by atoms with Gasteiger partial charge in [-0.15, -0.1) is 0 Å². The first-order valence-electron chi connectivity index (χ1n) is 6.26. The fourth-order valence-corrected chi connectivity index (χ4v) is 2.76. The molecular formula is C12H18FN3O3. The summed E-state index contributed by atoms with van der Waals surface area (Å²) in [6.45, 7) is 0.165. The van der Waals surface area contributed by atoms with E-state index in [1.165, 1.54) is 0 Å². The van der Waals surface area contributed by atoms with Crippen molar-refractivity contribution < 1.29 is 9.50 Å². The zero-order valence-electron chi connectivity index (χ0n) is 11.1. The first kappa shape index (κ1) is 13.8. The van der Waals surface area contributed by atoms with Crippen molar-refractivity contribution in [3.05, 3.63) is 26.7 Å². The van der Waals surface area contributed by atoms with Gasteiger partial charge < -0.3 is 10.0 Å². The third kappa shape index (κ3) is 2.30. The minimum absolute atomic E-state index is 0.165. The Labute approximate surface area is 109 Å². The smallest absolute Gasteiger partial charge is 0.331 e. The highest BCUT2D eigenvalue weighted by Crippen LogP contribution is 2.35. The maximum absolute atomic E-state index is 13.4. The highest BCUT2D eigenvalue weighted by molar-refractivity contribution is 5.11. The van der Waals surface area contributed by atoms with Crippen LogP contribution in [-0.2, 0) is 6.54 Å². The van der Waals surface area contributed by atoms with E-state index in [2.05, 4.69) is 0 Å². The van der Waals surface area contributed by atoms with Gasteiger partial charge >= 0.3 is 5.69 Å². The summed E-state index contributed by atoms with van der Waals surface area (Å²) in [7, 11) is 3.80. The standard InChI is InChI=1S/C12H18FN3O3/c1-15(2)12(5-3-4-6-12)7-16-10(18)8(13)9(17)14-11(16)19/h18H,3-7H2,1-2H3,(H,14,17,19). The predicted octanol–water partition coefficient (Wildman–Crippen LogP) is 0.256. The zero-order chi connectivity index (χ0) is 14.2. The molecule has 7 heteroatoms. The van der Waals surface area contributed by atoms with Crippen LogP contribution in [0.1, 0.15) is 25.7 Å². The SMILES string of the molecule is CN(C)C1(Cn2c(O)c(F)c(=O)[nH]c2=O)CCCC1. The molecule has 2 N–H and O–H groups in total. The number of aromatic amines is 1. The number of rotatable bonds is 3. The van der Waals surface area contributed by atoms with Gasteiger partial charge in [-0.05, 0) is 26.9 Å². The van der Waals surface area contributed by atoms with Gasteiger partial charge in [-0.1, -0.05) is 12.8 Å². The second kappa shape index (κ2) is 4.80. The molecule has 106 valence electrons. The van der Waals surface area contributed by atoms with E-state index in [0.29, 0.717) is 0 Å². The van der Waals surface area contributed by atoms with Gasteiger partial charge in [0.05, 0.1) is 0 Å². The van der Waals surface area contributed by atoms with Crippen LogP contribution in [0, 0.1) is 5.82 Å². The van der Waals surface area contributed by atoms with Gasteiger partial charge in [-0.2, -0.15) is 4.39 Å². The maximum Gasteiger partial charge on any atom is 0.331 e. The van der Waals surface area contributed by atoms with Gasteiger partial charge in [-0.25, -0.2) is 4.79 Å². The van der Waals surface area contributed by atoms with Gasteiger partial charge in [0, 0.05) is 12.1 Å². The summed E-state index contributed by atoms with van der Waals surface area (Å²) in [6, 6.07) is 0. The first-order chi connectivity index (χ1) is 8.87. The van der Waals surface area contributed by atoms with E-state index in [1.807, 2.05) is 24.0 Å². The molecule has 0 amide bonds. The molecule has 0 aliphatic heterocycles. The molecule has 1 aliphatic rings. The Bertz CT molecular complexity index is 585. The lowest BCUT2D eigenvalue weighted by Crippen LogP contribution is -2.48. The second-order valence-corrected chi connectivity index (χ2v) is 5.31. The lowest BCUT2D eigenvalue weighted by Gasteiger charge is -2.36. The number of halogens is 1. The summed E-state index contributed by atoms with van der Waals surface area (Å²) in [6.07, 6.45) is 3.79. The molecule has 1 aromatic rings. The van der Waals surface area contributed by atoms with Crippen LogP contribution >= 0.6 is 0 Å². The average molecular weight is 271 g/mol. The third-order valence-electron chi connectivity index (χ3n) is 4.05. The quantitative estimate of drug-likeness (QED) is 0.826. The van der Waals surface area contributed by atoms with Crippen molar-refractivity contribution in [1.29, 1.82) is 0 Å². The monoisotopic (exact) mass is 271 g/mol. The molecule has 0 saturated heterocycles. The van der Waals surface area contributed by atoms with Crippen LogP contribution in [0.5, 0.6) is 5.88 Å². The number of aromatic hydroxyl groups is 1. The van der Waals surface area contributed by atoms with Gasteiger partial charge in [0.25, 0.3) is 5.56 Å². The molecule has 0 aromatic carbocycles. The van der Waals surface area contributed by atoms with Crippen LogP contribution in [0.2, 0.25) is 0 Å². The molecule has 1 heterocycles. The number of nitrogens with zero attached hydrogens (tertiary/aromatic N) is 2. The molecule has 0 unspecified atom stereocenters. The summed E-state index contributed by atoms with van der Waals surface area (Å²) in [4.78, 5) is 26.6. The van der Waals surface area contributed by atoms with E-state index < -0.39 is 22.9 Å². The van der Waals surface area contributed by atoms with E-state index in [0.717, 1.165) is 30.3 Å². The van der Waals surface area contributed by atoms with Crippen molar-refractivity contribution in [1.82, 2.24) is 14.5 Å². The van der Waals surface area contributed by atoms with Crippen LogP contribution in [0.3, 0.4) is 0 Å². The fraction of sp³-hybridized carbons (Fsp3) is 0.667. The van der Waals surface area contributed by atoms with E-state index in [4.69, 9.17) is 0 Å². The molecule has 0 spiro atoms. The van der Waals surface area contributed by atoms with Crippen molar-refractivity contribution in [2.75, 3.05) is 14.1 Å². The summed E-state index contributed by atoms with van der Waals surface area (Å²) < 4.78 is 14.3. The minimum Gasteiger partial charge on any atom is -0.492 e. The summed E-state index contributed by atoms with van der Waals surface area (Å²) in [5, 5.41) is 9.67. The van der Waals surface area contributed by atoms with Crippen molar-refractivity contribution >= 4 is 0 Å². The first-order valence-corrected chi connectivity index (χ1v) is 6.26.